The van der Waals surface area contributed by atoms with E-state index in [0.717, 1.165) is 25.7 Å². The Hall–Kier alpha value is -2.72. The average molecular weight is 414 g/mol. The Bertz CT molecular complexity index is 753. The lowest BCUT2D eigenvalue weighted by molar-refractivity contribution is 0.0808. The van der Waals surface area contributed by atoms with Crippen molar-refractivity contribution in [3.8, 4) is 18.1 Å². The molecule has 3 rings (SSSR count). The highest BCUT2D eigenvalue weighted by molar-refractivity contribution is 5.94. The van der Waals surface area contributed by atoms with Gasteiger partial charge in [-0.2, -0.15) is 0 Å². The van der Waals surface area contributed by atoms with Crippen LogP contribution in [0.2, 0.25) is 0 Å². The number of aliphatic hydroxyl groups excluding tert-OH is 1. The molecule has 2 fully saturated rings. The van der Waals surface area contributed by atoms with Crippen molar-refractivity contribution in [2.45, 2.75) is 63.1 Å². The molecule has 7 heteroatoms. The van der Waals surface area contributed by atoms with Gasteiger partial charge in [0, 0.05) is 24.7 Å². The lowest BCUT2D eigenvalue weighted by Gasteiger charge is -2.30. The van der Waals surface area contributed by atoms with E-state index in [-0.39, 0.29) is 31.1 Å². The summed E-state index contributed by atoms with van der Waals surface area (Å²) in [5.74, 6) is 2.68. The van der Waals surface area contributed by atoms with Gasteiger partial charge in [0.1, 0.15) is 12.4 Å². The number of aliphatic hydroxyl groups is 1. The van der Waals surface area contributed by atoms with Gasteiger partial charge in [0.2, 0.25) is 0 Å². The molecule has 1 aromatic carbocycles. The number of hydrogen-bond acceptors (Lipinski definition) is 4. The SMILES string of the molecule is C#CCOc1ccc(C(=O)N[C@@H]2CN(C(=O)NC3CCCCC3)CCC[C@H]2O)cc1. The normalized spacial score (nSPS) is 22.5. The van der Waals surface area contributed by atoms with Crippen LogP contribution in [0.4, 0.5) is 4.79 Å². The van der Waals surface area contributed by atoms with Crippen molar-refractivity contribution in [2.24, 2.45) is 0 Å². The van der Waals surface area contributed by atoms with E-state index in [2.05, 4.69) is 16.6 Å². The molecule has 0 aromatic heterocycles. The molecule has 162 valence electrons. The summed E-state index contributed by atoms with van der Waals surface area (Å²) in [5, 5.41) is 16.5. The summed E-state index contributed by atoms with van der Waals surface area (Å²) in [7, 11) is 0. The van der Waals surface area contributed by atoms with Gasteiger partial charge in [0.05, 0.1) is 12.1 Å². The van der Waals surface area contributed by atoms with Crippen LogP contribution in [0.3, 0.4) is 0 Å². The van der Waals surface area contributed by atoms with Gasteiger partial charge in [-0.3, -0.25) is 4.79 Å². The van der Waals surface area contributed by atoms with E-state index in [1.807, 2.05) is 0 Å². The zero-order valence-corrected chi connectivity index (χ0v) is 17.3. The summed E-state index contributed by atoms with van der Waals surface area (Å²) in [6.45, 7) is 1.02. The summed E-state index contributed by atoms with van der Waals surface area (Å²) >= 11 is 0. The standard InChI is InChI=1S/C23H31N3O4/c1-2-15-30-19-12-10-17(11-13-19)22(28)25-20-16-26(14-6-9-21(20)27)23(29)24-18-7-4-3-5-8-18/h1,10-13,18,20-21,27H,3-9,14-16H2,(H,24,29)(H,25,28)/t20-,21-/m1/s1. The molecule has 0 bridgehead atoms. The fourth-order valence-electron chi connectivity index (χ4n) is 4.06. The highest BCUT2D eigenvalue weighted by Crippen LogP contribution is 2.19. The van der Waals surface area contributed by atoms with Gasteiger partial charge in [-0.15, -0.1) is 6.42 Å². The number of rotatable bonds is 5. The molecule has 3 N–H and O–H groups in total. The Labute approximate surface area is 178 Å². The Morgan fingerprint density at radius 1 is 1.10 bits per heavy atom. The minimum atomic E-state index is -0.695. The van der Waals surface area contributed by atoms with Crippen LogP contribution in [0, 0.1) is 12.3 Å². The van der Waals surface area contributed by atoms with E-state index in [1.54, 1.807) is 29.2 Å². The number of ether oxygens (including phenoxy) is 1. The van der Waals surface area contributed by atoms with Gasteiger partial charge >= 0.3 is 6.03 Å². The Kier molecular flexibility index (Phi) is 7.97. The zero-order chi connectivity index (χ0) is 21.3. The number of carbonyl (C=O) groups is 2. The Balaban J connectivity index is 1.58. The van der Waals surface area contributed by atoms with Gasteiger partial charge in [-0.1, -0.05) is 25.2 Å². The summed E-state index contributed by atoms with van der Waals surface area (Å²) in [5.41, 5.74) is 0.456. The smallest absolute Gasteiger partial charge is 0.317 e. The highest BCUT2D eigenvalue weighted by Gasteiger charge is 2.30. The molecule has 0 radical (unpaired) electrons. The molecule has 2 aliphatic rings. The maximum Gasteiger partial charge on any atom is 0.317 e. The van der Waals surface area contributed by atoms with Crippen LogP contribution in [0.1, 0.15) is 55.3 Å². The first kappa shape index (κ1) is 22.0. The van der Waals surface area contributed by atoms with E-state index in [9.17, 15) is 14.7 Å². The largest absolute Gasteiger partial charge is 0.481 e. The number of terminal acetylenes is 1. The molecular formula is C23H31N3O4. The van der Waals surface area contributed by atoms with Gasteiger partial charge in [0.25, 0.3) is 5.91 Å². The van der Waals surface area contributed by atoms with Crippen LogP contribution in [-0.4, -0.2) is 59.8 Å². The molecule has 30 heavy (non-hydrogen) atoms. The molecule has 1 saturated heterocycles. The van der Waals surface area contributed by atoms with Crippen molar-refractivity contribution in [3.05, 3.63) is 29.8 Å². The Morgan fingerprint density at radius 2 is 1.83 bits per heavy atom. The average Bonchev–Trinajstić information content (AvgIpc) is 2.95. The minimum absolute atomic E-state index is 0.106. The number of likely N-dealkylation sites (tertiary alicyclic amines) is 1. The van der Waals surface area contributed by atoms with Crippen molar-refractivity contribution in [2.75, 3.05) is 19.7 Å². The van der Waals surface area contributed by atoms with E-state index >= 15 is 0 Å². The van der Waals surface area contributed by atoms with E-state index in [1.165, 1.54) is 6.42 Å². The van der Waals surface area contributed by atoms with Gasteiger partial charge < -0.3 is 25.4 Å². The molecule has 1 aliphatic heterocycles. The van der Waals surface area contributed by atoms with Crippen molar-refractivity contribution in [1.29, 1.82) is 0 Å². The Morgan fingerprint density at radius 3 is 2.53 bits per heavy atom. The summed E-state index contributed by atoms with van der Waals surface area (Å²) in [6, 6.07) is 6.26. The summed E-state index contributed by atoms with van der Waals surface area (Å²) in [6.07, 6.45) is 11.3. The van der Waals surface area contributed by atoms with Crippen molar-refractivity contribution in [3.63, 3.8) is 0 Å². The molecule has 1 saturated carbocycles. The lowest BCUT2D eigenvalue weighted by atomic mass is 9.96. The molecule has 1 aliphatic carbocycles. The number of amides is 3. The number of nitrogens with one attached hydrogen (secondary N) is 2. The second-order valence-corrected chi connectivity index (χ2v) is 8.04. The summed E-state index contributed by atoms with van der Waals surface area (Å²) < 4.78 is 5.32. The zero-order valence-electron chi connectivity index (χ0n) is 17.3. The maximum atomic E-state index is 12.7. The van der Waals surface area contributed by atoms with Crippen LogP contribution in [-0.2, 0) is 0 Å². The van der Waals surface area contributed by atoms with Crippen LogP contribution >= 0.6 is 0 Å². The van der Waals surface area contributed by atoms with E-state index in [4.69, 9.17) is 11.2 Å². The third kappa shape index (κ3) is 6.14. The first-order valence-electron chi connectivity index (χ1n) is 10.8. The molecule has 2 atom stereocenters. The predicted octanol–water partition coefficient (Wildman–Crippen LogP) is 2.30. The van der Waals surface area contributed by atoms with Crippen molar-refractivity contribution in [1.82, 2.24) is 15.5 Å². The number of benzene rings is 1. The first-order chi connectivity index (χ1) is 14.6. The van der Waals surface area contributed by atoms with Crippen LogP contribution in [0.15, 0.2) is 24.3 Å². The topological polar surface area (TPSA) is 90.9 Å². The predicted molar refractivity (Wildman–Crippen MR) is 114 cm³/mol. The monoisotopic (exact) mass is 413 g/mol. The second kappa shape index (κ2) is 10.9. The van der Waals surface area contributed by atoms with Gasteiger partial charge in [-0.25, -0.2) is 4.79 Å². The molecule has 7 nitrogen and oxygen atoms in total. The number of nitrogens with zero attached hydrogens (tertiary/aromatic N) is 1. The molecule has 1 heterocycles. The fourth-order valence-corrected chi connectivity index (χ4v) is 4.06. The molecule has 1 aromatic rings. The highest BCUT2D eigenvalue weighted by atomic mass is 16.5. The number of carbonyl (C=O) groups excluding carboxylic acids is 2. The summed E-state index contributed by atoms with van der Waals surface area (Å²) in [4.78, 5) is 27.1. The number of urea groups is 1. The fraction of sp³-hybridized carbons (Fsp3) is 0.565. The lowest BCUT2D eigenvalue weighted by Crippen LogP contribution is -2.53. The third-order valence-electron chi connectivity index (χ3n) is 5.78. The van der Waals surface area contributed by atoms with Gasteiger partial charge in [-0.05, 0) is 49.9 Å². The maximum absolute atomic E-state index is 12.7. The van der Waals surface area contributed by atoms with Crippen LogP contribution in [0.25, 0.3) is 0 Å². The molecular weight excluding hydrogens is 382 g/mol. The third-order valence-corrected chi connectivity index (χ3v) is 5.78. The molecule has 3 amide bonds. The first-order valence-corrected chi connectivity index (χ1v) is 10.8. The number of hydrogen-bond donors (Lipinski definition) is 3. The second-order valence-electron chi connectivity index (χ2n) is 8.04. The van der Waals surface area contributed by atoms with Crippen LogP contribution < -0.4 is 15.4 Å². The van der Waals surface area contributed by atoms with Crippen molar-refractivity contribution >= 4 is 11.9 Å². The van der Waals surface area contributed by atoms with Gasteiger partial charge in [0.15, 0.2) is 0 Å². The van der Waals surface area contributed by atoms with Crippen LogP contribution in [0.5, 0.6) is 5.75 Å². The van der Waals surface area contributed by atoms with E-state index in [0.29, 0.717) is 30.7 Å². The molecule has 0 spiro atoms. The minimum Gasteiger partial charge on any atom is -0.481 e. The van der Waals surface area contributed by atoms with E-state index < -0.39 is 12.1 Å². The molecule has 0 unspecified atom stereocenters. The quantitative estimate of drug-likeness (QED) is 0.646. The van der Waals surface area contributed by atoms with Crippen molar-refractivity contribution < 1.29 is 19.4 Å².